The van der Waals surface area contributed by atoms with Crippen molar-refractivity contribution >= 4 is 17.5 Å². The average molecular weight is 356 g/mol. The smallest absolute Gasteiger partial charge is 0.159 e. The van der Waals surface area contributed by atoms with Gasteiger partial charge >= 0.3 is 0 Å². The number of rotatable bonds is 4. The summed E-state index contributed by atoms with van der Waals surface area (Å²) >= 11 is 1.96. The van der Waals surface area contributed by atoms with E-state index in [0.29, 0.717) is 0 Å². The Labute approximate surface area is 156 Å². The Hall–Kier alpha value is -1.58. The molecule has 1 aliphatic rings. The Morgan fingerprint density at radius 3 is 2.40 bits per heavy atom. The van der Waals surface area contributed by atoms with E-state index >= 15 is 0 Å². The maximum Gasteiger partial charge on any atom is 0.159 e. The largest absolute Gasteiger partial charge is 0.295 e. The summed E-state index contributed by atoms with van der Waals surface area (Å²) in [6.07, 6.45) is 1.09. The van der Waals surface area contributed by atoms with Crippen LogP contribution in [0.15, 0.2) is 47.4 Å². The summed E-state index contributed by atoms with van der Waals surface area (Å²) in [4.78, 5) is 15.3. The molecule has 0 aromatic heterocycles. The molecule has 0 atom stereocenters. The maximum atomic E-state index is 11.4. The SMILES string of the molecule is CC.CCc1ccc2c(c1)CN(Cc1ccc(C(C)=O)cc1)CCS2. The molecule has 2 aromatic carbocycles. The molecular formula is C22H29NOS. The van der Waals surface area contributed by atoms with E-state index in [4.69, 9.17) is 0 Å². The molecule has 1 heterocycles. The van der Waals surface area contributed by atoms with Crippen molar-refractivity contribution in [3.63, 3.8) is 0 Å². The first-order chi connectivity index (χ1) is 12.2. The van der Waals surface area contributed by atoms with Crippen LogP contribution >= 0.6 is 11.8 Å². The molecule has 0 fully saturated rings. The number of Topliss-reactive ketones (excluding diaryl/α,β-unsaturated/α-hetero) is 1. The van der Waals surface area contributed by atoms with Crippen molar-refractivity contribution in [3.8, 4) is 0 Å². The Bertz CT molecular complexity index is 694. The van der Waals surface area contributed by atoms with Gasteiger partial charge in [0, 0.05) is 35.8 Å². The molecule has 0 N–H and O–H groups in total. The molecule has 0 saturated carbocycles. The fraction of sp³-hybridized carbons (Fsp3) is 0.409. The highest BCUT2D eigenvalue weighted by atomic mass is 32.2. The number of fused-ring (bicyclic) bond motifs is 1. The number of hydrogen-bond donors (Lipinski definition) is 0. The number of benzene rings is 2. The van der Waals surface area contributed by atoms with Crippen molar-refractivity contribution in [2.75, 3.05) is 12.3 Å². The Balaban J connectivity index is 0.00000109. The summed E-state index contributed by atoms with van der Waals surface area (Å²) in [6, 6.07) is 14.9. The standard InChI is InChI=1S/C20H23NOS.C2H6/c1-3-16-6-9-20-19(12-16)14-21(10-11-23-20)13-17-4-7-18(8-5-17)15(2)22;1-2/h4-9,12H,3,10-11,13-14H2,1-2H3;1-2H3. The van der Waals surface area contributed by atoms with Crippen molar-refractivity contribution in [2.24, 2.45) is 0 Å². The van der Waals surface area contributed by atoms with Crippen LogP contribution in [0.2, 0.25) is 0 Å². The Morgan fingerprint density at radius 1 is 1.08 bits per heavy atom. The van der Waals surface area contributed by atoms with Gasteiger partial charge in [-0.1, -0.05) is 57.2 Å². The maximum absolute atomic E-state index is 11.4. The molecule has 2 aromatic rings. The van der Waals surface area contributed by atoms with Crippen LogP contribution in [0.5, 0.6) is 0 Å². The highest BCUT2D eigenvalue weighted by Crippen LogP contribution is 2.29. The molecule has 3 rings (SSSR count). The van der Waals surface area contributed by atoms with Crippen LogP contribution in [0.25, 0.3) is 0 Å². The summed E-state index contributed by atoms with van der Waals surface area (Å²) in [5.41, 5.74) is 4.93. The van der Waals surface area contributed by atoms with E-state index in [1.807, 2.05) is 37.7 Å². The van der Waals surface area contributed by atoms with E-state index in [2.05, 4.69) is 42.2 Å². The average Bonchev–Trinajstić information content (AvgIpc) is 2.84. The molecule has 0 bridgehead atoms. The second kappa shape index (κ2) is 9.79. The van der Waals surface area contributed by atoms with E-state index in [-0.39, 0.29) is 5.78 Å². The number of carbonyl (C=O) groups is 1. The number of hydrogen-bond acceptors (Lipinski definition) is 3. The number of aryl methyl sites for hydroxylation is 1. The van der Waals surface area contributed by atoms with Crippen molar-refractivity contribution in [1.29, 1.82) is 0 Å². The number of thioether (sulfide) groups is 1. The zero-order chi connectivity index (χ0) is 18.2. The van der Waals surface area contributed by atoms with Gasteiger partial charge in [-0.15, -0.1) is 11.8 Å². The summed E-state index contributed by atoms with van der Waals surface area (Å²) < 4.78 is 0. The quantitative estimate of drug-likeness (QED) is 0.667. The van der Waals surface area contributed by atoms with Gasteiger partial charge < -0.3 is 0 Å². The van der Waals surface area contributed by atoms with Gasteiger partial charge in [0.2, 0.25) is 0 Å². The molecule has 0 radical (unpaired) electrons. The van der Waals surface area contributed by atoms with Crippen LogP contribution in [-0.4, -0.2) is 23.0 Å². The third-order valence-electron chi connectivity index (χ3n) is 4.36. The van der Waals surface area contributed by atoms with E-state index in [9.17, 15) is 4.79 Å². The van der Waals surface area contributed by atoms with Crippen LogP contribution in [0.1, 0.15) is 54.7 Å². The molecule has 0 aliphatic carbocycles. The lowest BCUT2D eigenvalue weighted by molar-refractivity contribution is 0.101. The summed E-state index contributed by atoms with van der Waals surface area (Å²) in [5, 5.41) is 0. The van der Waals surface area contributed by atoms with E-state index in [1.54, 1.807) is 6.92 Å². The predicted octanol–water partition coefficient (Wildman–Crippen LogP) is 5.59. The van der Waals surface area contributed by atoms with Gasteiger partial charge in [0.1, 0.15) is 0 Å². The molecule has 0 unspecified atom stereocenters. The minimum Gasteiger partial charge on any atom is -0.295 e. The summed E-state index contributed by atoms with van der Waals surface area (Å²) in [5.74, 6) is 1.26. The van der Waals surface area contributed by atoms with Gasteiger partial charge in [0.25, 0.3) is 0 Å². The van der Waals surface area contributed by atoms with E-state index in [1.165, 1.54) is 21.6 Å². The van der Waals surface area contributed by atoms with Crippen LogP contribution < -0.4 is 0 Å². The lowest BCUT2D eigenvalue weighted by atomic mass is 10.1. The van der Waals surface area contributed by atoms with Crippen molar-refractivity contribution < 1.29 is 4.79 Å². The molecule has 0 amide bonds. The minimum atomic E-state index is 0.128. The number of carbonyl (C=O) groups excluding carboxylic acids is 1. The Morgan fingerprint density at radius 2 is 1.76 bits per heavy atom. The number of ketones is 1. The van der Waals surface area contributed by atoms with Gasteiger partial charge in [0.15, 0.2) is 5.78 Å². The molecule has 0 spiro atoms. The normalized spacial score (nSPS) is 14.1. The predicted molar refractivity (Wildman–Crippen MR) is 108 cm³/mol. The zero-order valence-corrected chi connectivity index (χ0v) is 16.7. The number of nitrogens with zero attached hydrogens (tertiary/aromatic N) is 1. The molecule has 3 heteroatoms. The summed E-state index contributed by atoms with van der Waals surface area (Å²) in [7, 11) is 0. The van der Waals surface area contributed by atoms with Gasteiger partial charge in [-0.25, -0.2) is 0 Å². The second-order valence-corrected chi connectivity index (χ2v) is 7.24. The third-order valence-corrected chi connectivity index (χ3v) is 5.45. The molecular weight excluding hydrogens is 326 g/mol. The van der Waals surface area contributed by atoms with Gasteiger partial charge in [-0.05, 0) is 36.1 Å². The molecule has 2 nitrogen and oxygen atoms in total. The zero-order valence-electron chi connectivity index (χ0n) is 15.8. The van der Waals surface area contributed by atoms with Gasteiger partial charge in [-0.2, -0.15) is 0 Å². The minimum absolute atomic E-state index is 0.128. The van der Waals surface area contributed by atoms with Crippen molar-refractivity contribution in [3.05, 3.63) is 64.7 Å². The lowest BCUT2D eigenvalue weighted by Gasteiger charge is -2.20. The topological polar surface area (TPSA) is 20.3 Å². The first-order valence-corrected chi connectivity index (χ1v) is 10.2. The van der Waals surface area contributed by atoms with Gasteiger partial charge in [0.05, 0.1) is 0 Å². The summed E-state index contributed by atoms with van der Waals surface area (Å²) in [6.45, 7) is 10.9. The molecule has 134 valence electrons. The molecule has 25 heavy (non-hydrogen) atoms. The first-order valence-electron chi connectivity index (χ1n) is 9.22. The first kappa shape index (κ1) is 19.7. The van der Waals surface area contributed by atoms with Crippen LogP contribution in [0, 0.1) is 0 Å². The van der Waals surface area contributed by atoms with Crippen molar-refractivity contribution in [2.45, 2.75) is 52.1 Å². The lowest BCUT2D eigenvalue weighted by Crippen LogP contribution is -2.24. The molecule has 1 aliphatic heterocycles. The highest BCUT2D eigenvalue weighted by molar-refractivity contribution is 7.99. The third kappa shape index (κ3) is 5.45. The second-order valence-electron chi connectivity index (χ2n) is 6.11. The van der Waals surface area contributed by atoms with Crippen molar-refractivity contribution in [1.82, 2.24) is 4.90 Å². The fourth-order valence-electron chi connectivity index (χ4n) is 2.96. The highest BCUT2D eigenvalue weighted by Gasteiger charge is 2.15. The van der Waals surface area contributed by atoms with Gasteiger partial charge in [-0.3, -0.25) is 9.69 Å². The fourth-order valence-corrected chi connectivity index (χ4v) is 4.00. The molecule has 0 saturated heterocycles. The monoisotopic (exact) mass is 355 g/mol. The van der Waals surface area contributed by atoms with Crippen LogP contribution in [0.3, 0.4) is 0 Å². The van der Waals surface area contributed by atoms with E-state index in [0.717, 1.165) is 37.4 Å². The van der Waals surface area contributed by atoms with Crippen LogP contribution in [-0.2, 0) is 19.5 Å². The van der Waals surface area contributed by atoms with E-state index < -0.39 is 0 Å². The Kier molecular flexibility index (Phi) is 7.73. The van der Waals surface area contributed by atoms with Crippen LogP contribution in [0.4, 0.5) is 0 Å².